The van der Waals surface area contributed by atoms with Crippen molar-refractivity contribution in [2.75, 3.05) is 13.1 Å². The van der Waals surface area contributed by atoms with Crippen molar-refractivity contribution in [1.29, 1.82) is 0 Å². The number of hydrogen-bond donors (Lipinski definition) is 1. The van der Waals surface area contributed by atoms with E-state index in [4.69, 9.17) is 4.74 Å². The van der Waals surface area contributed by atoms with E-state index in [9.17, 15) is 14.0 Å². The molecule has 186 valence electrons. The van der Waals surface area contributed by atoms with Crippen molar-refractivity contribution in [2.24, 2.45) is 11.8 Å². The number of carbonyl (C=O) groups excluding carboxylic acids is 2. The van der Waals surface area contributed by atoms with E-state index in [0.29, 0.717) is 30.5 Å². The molecule has 3 aromatic rings. The summed E-state index contributed by atoms with van der Waals surface area (Å²) in [4.78, 5) is 31.8. The van der Waals surface area contributed by atoms with Crippen LogP contribution >= 0.6 is 11.3 Å². The third kappa shape index (κ3) is 5.00. The van der Waals surface area contributed by atoms with Gasteiger partial charge in [0.2, 0.25) is 5.91 Å². The first-order valence-corrected chi connectivity index (χ1v) is 13.5. The predicted octanol–water partition coefficient (Wildman–Crippen LogP) is 4.89. The molecule has 8 heteroatoms. The van der Waals surface area contributed by atoms with Gasteiger partial charge in [0.05, 0.1) is 6.04 Å². The van der Waals surface area contributed by atoms with Gasteiger partial charge < -0.3 is 15.0 Å². The fourth-order valence-electron chi connectivity index (χ4n) is 4.80. The topological polar surface area (TPSA) is 71.5 Å². The van der Waals surface area contributed by atoms with Crippen LogP contribution in [0.2, 0.25) is 0 Å². The Hall–Kier alpha value is -3.26. The summed E-state index contributed by atoms with van der Waals surface area (Å²) in [6.07, 6.45) is 4.98. The van der Waals surface area contributed by atoms with E-state index in [1.54, 1.807) is 11.4 Å². The Morgan fingerprint density at radius 2 is 2.00 bits per heavy atom. The second-order valence-corrected chi connectivity index (χ2v) is 10.9. The molecule has 36 heavy (non-hydrogen) atoms. The predicted molar refractivity (Wildman–Crippen MR) is 134 cm³/mol. The number of nitrogens with one attached hydrogen (secondary N) is 1. The van der Waals surface area contributed by atoms with Gasteiger partial charge in [-0.25, -0.2) is 9.37 Å². The van der Waals surface area contributed by atoms with Crippen molar-refractivity contribution in [3.05, 3.63) is 81.1 Å². The smallest absolute Gasteiger partial charge is 0.270 e. The van der Waals surface area contributed by atoms with Crippen molar-refractivity contribution in [3.8, 4) is 5.75 Å². The van der Waals surface area contributed by atoms with Gasteiger partial charge in [-0.05, 0) is 79.0 Å². The summed E-state index contributed by atoms with van der Waals surface area (Å²) in [7, 11) is 0. The summed E-state index contributed by atoms with van der Waals surface area (Å²) in [6.45, 7) is 1.58. The molecule has 6 nitrogen and oxygen atoms in total. The van der Waals surface area contributed by atoms with Gasteiger partial charge in [-0.15, -0.1) is 11.3 Å². The van der Waals surface area contributed by atoms with Crippen LogP contribution < -0.4 is 10.1 Å². The highest BCUT2D eigenvalue weighted by Gasteiger charge is 2.39. The van der Waals surface area contributed by atoms with Gasteiger partial charge in [-0.2, -0.15) is 0 Å². The maximum absolute atomic E-state index is 14.2. The number of halogens is 1. The minimum Gasteiger partial charge on any atom is -0.486 e. The minimum absolute atomic E-state index is 0.0858. The van der Waals surface area contributed by atoms with Crippen molar-refractivity contribution in [3.63, 3.8) is 0 Å². The number of hydrogen-bond acceptors (Lipinski definition) is 5. The molecule has 3 aliphatic rings. The van der Waals surface area contributed by atoms with Crippen LogP contribution in [0, 0.1) is 17.7 Å². The van der Waals surface area contributed by atoms with Crippen molar-refractivity contribution in [1.82, 2.24) is 15.2 Å². The average molecular weight is 506 g/mol. The summed E-state index contributed by atoms with van der Waals surface area (Å²) < 4.78 is 20.2. The number of carbonyl (C=O) groups is 2. The molecule has 2 aliphatic carbocycles. The molecule has 1 unspecified atom stereocenters. The molecule has 0 saturated heterocycles. The quantitative estimate of drug-likeness (QED) is 0.474. The van der Waals surface area contributed by atoms with Gasteiger partial charge in [-0.1, -0.05) is 18.2 Å². The van der Waals surface area contributed by atoms with E-state index in [1.807, 2.05) is 29.2 Å². The van der Waals surface area contributed by atoms with E-state index < -0.39 is 0 Å². The normalized spacial score (nSPS) is 19.0. The molecule has 2 amide bonds. The Kier molecular flexibility index (Phi) is 6.21. The lowest BCUT2D eigenvalue weighted by atomic mass is 9.87. The van der Waals surface area contributed by atoms with Gasteiger partial charge in [0.1, 0.15) is 28.9 Å². The summed E-state index contributed by atoms with van der Waals surface area (Å²) in [5, 5.41) is 5.42. The second kappa shape index (κ2) is 9.65. The van der Waals surface area contributed by atoms with Crippen LogP contribution in [0.25, 0.3) is 0 Å². The zero-order chi connectivity index (χ0) is 24.6. The molecule has 2 saturated carbocycles. The van der Waals surface area contributed by atoms with Crippen LogP contribution in [0.4, 0.5) is 4.39 Å². The Balaban J connectivity index is 1.21. The van der Waals surface area contributed by atoms with Gasteiger partial charge >= 0.3 is 0 Å². The Morgan fingerprint density at radius 1 is 1.14 bits per heavy atom. The number of fused-ring (bicyclic) bond motifs is 1. The lowest BCUT2D eigenvalue weighted by molar-refractivity contribution is -0.134. The highest BCUT2D eigenvalue weighted by molar-refractivity contribution is 7.09. The number of ether oxygens (including phenoxy) is 1. The van der Waals surface area contributed by atoms with E-state index in [1.165, 1.54) is 36.3 Å². The minimum atomic E-state index is -0.345. The summed E-state index contributed by atoms with van der Waals surface area (Å²) in [6, 6.07) is 12.1. The Morgan fingerprint density at radius 3 is 2.78 bits per heavy atom. The van der Waals surface area contributed by atoms with E-state index in [-0.39, 0.29) is 36.2 Å². The molecule has 1 aliphatic heterocycles. The number of nitrogens with zero attached hydrogens (tertiary/aromatic N) is 2. The lowest BCUT2D eigenvalue weighted by Gasteiger charge is -2.38. The monoisotopic (exact) mass is 505 g/mol. The number of amides is 2. The number of benzene rings is 2. The number of thiazole rings is 1. The molecule has 2 fully saturated rings. The summed E-state index contributed by atoms with van der Waals surface area (Å²) in [5.74, 6) is 1.05. The molecule has 0 spiro atoms. The summed E-state index contributed by atoms with van der Waals surface area (Å²) >= 11 is 1.40. The fraction of sp³-hybridized carbons (Fsp3) is 0.393. The molecule has 6 rings (SSSR count). The van der Waals surface area contributed by atoms with Gasteiger partial charge in [-0.3, -0.25) is 9.59 Å². The standard InChI is InChI=1S/C28H28FN3O3S/c29-21-3-1-2-20(12-21)26-23-13-22(9-8-18(23)10-11-32(26)28(34)19-6-7-19)35-15-25-31-24(16-36-25)27(33)30-14-17-4-5-17/h1-3,8-9,12-13,16-17,19,26H,4-7,10-11,14-15H2,(H,30,33). The zero-order valence-corrected chi connectivity index (χ0v) is 20.7. The second-order valence-electron chi connectivity index (χ2n) is 9.94. The third-order valence-electron chi connectivity index (χ3n) is 7.11. The van der Waals surface area contributed by atoms with Crippen molar-refractivity contribution >= 4 is 23.2 Å². The molecule has 1 atom stereocenters. The largest absolute Gasteiger partial charge is 0.486 e. The molecule has 1 N–H and O–H groups in total. The van der Waals surface area contributed by atoms with E-state index >= 15 is 0 Å². The first-order valence-electron chi connectivity index (χ1n) is 12.6. The third-order valence-corrected chi connectivity index (χ3v) is 7.94. The molecule has 2 heterocycles. The van der Waals surface area contributed by atoms with Crippen LogP contribution in [0.5, 0.6) is 5.75 Å². The highest BCUT2D eigenvalue weighted by Crippen LogP contribution is 2.41. The van der Waals surface area contributed by atoms with Crippen LogP contribution in [0.3, 0.4) is 0 Å². The molecular formula is C28H28FN3O3S. The molecular weight excluding hydrogens is 477 g/mol. The number of rotatable bonds is 8. The Labute approximate surface area is 213 Å². The van der Waals surface area contributed by atoms with Crippen molar-refractivity contribution in [2.45, 2.75) is 44.8 Å². The van der Waals surface area contributed by atoms with Gasteiger partial charge in [0.25, 0.3) is 5.91 Å². The van der Waals surface area contributed by atoms with Crippen molar-refractivity contribution < 1.29 is 18.7 Å². The average Bonchev–Trinajstić information content (AvgIpc) is 3.83. The Bertz CT molecular complexity index is 1300. The SMILES string of the molecule is O=C(NCC1CC1)c1csc(COc2ccc3c(c2)C(c2cccc(F)c2)N(C(=O)C2CC2)CC3)n1. The van der Waals surface area contributed by atoms with Gasteiger partial charge in [0.15, 0.2) is 0 Å². The maximum Gasteiger partial charge on any atom is 0.270 e. The van der Waals surface area contributed by atoms with Crippen LogP contribution in [-0.2, 0) is 17.8 Å². The zero-order valence-electron chi connectivity index (χ0n) is 19.9. The van der Waals surface area contributed by atoms with Crippen LogP contribution in [0.15, 0.2) is 47.8 Å². The van der Waals surface area contributed by atoms with Crippen LogP contribution in [-0.4, -0.2) is 34.8 Å². The first-order chi connectivity index (χ1) is 17.5. The summed E-state index contributed by atoms with van der Waals surface area (Å²) in [5.41, 5.74) is 3.30. The molecule has 0 bridgehead atoms. The maximum atomic E-state index is 14.2. The number of aromatic nitrogens is 1. The first kappa shape index (κ1) is 23.2. The van der Waals surface area contributed by atoms with E-state index in [0.717, 1.165) is 41.0 Å². The fourth-order valence-corrected chi connectivity index (χ4v) is 5.48. The molecule has 1 aromatic heterocycles. The molecule has 2 aromatic carbocycles. The lowest BCUT2D eigenvalue weighted by Crippen LogP contribution is -2.41. The highest BCUT2D eigenvalue weighted by atomic mass is 32.1. The van der Waals surface area contributed by atoms with Crippen LogP contribution in [0.1, 0.15) is 63.9 Å². The van der Waals surface area contributed by atoms with E-state index in [2.05, 4.69) is 10.3 Å². The molecule has 0 radical (unpaired) electrons. The van der Waals surface area contributed by atoms with Gasteiger partial charge in [0, 0.05) is 24.4 Å².